The fraction of sp³-hybridized carbons (Fsp3) is 0.278. The number of benzene rings is 2. The summed E-state index contributed by atoms with van der Waals surface area (Å²) in [7, 11) is -3.76. The molecule has 2 aromatic carbocycles. The number of anilines is 1. The SMILES string of the molecule is NC(=O)c1nnn(CC2CC(S)CN2S(=O)(=O)c2ccc3ccccc3c2)c1N. The van der Waals surface area contributed by atoms with Crippen LogP contribution in [0.25, 0.3) is 10.8 Å². The Kier molecular flexibility index (Phi) is 4.97. The van der Waals surface area contributed by atoms with Gasteiger partial charge in [-0.1, -0.05) is 35.5 Å². The van der Waals surface area contributed by atoms with Crippen molar-refractivity contribution in [2.24, 2.45) is 5.73 Å². The average Bonchev–Trinajstić information content (AvgIpc) is 3.24. The lowest BCUT2D eigenvalue weighted by Crippen LogP contribution is -2.38. The number of primary amides is 1. The zero-order valence-corrected chi connectivity index (χ0v) is 17.1. The summed E-state index contributed by atoms with van der Waals surface area (Å²) in [5.74, 6) is -0.768. The third kappa shape index (κ3) is 3.56. The topological polar surface area (TPSA) is 137 Å². The average molecular weight is 433 g/mol. The minimum absolute atomic E-state index is 0.0168. The maximum absolute atomic E-state index is 13.4. The number of carbonyl (C=O) groups is 1. The van der Waals surface area contributed by atoms with Crippen LogP contribution in [0.2, 0.25) is 0 Å². The Balaban J connectivity index is 1.66. The van der Waals surface area contributed by atoms with Gasteiger partial charge in [0.15, 0.2) is 11.5 Å². The lowest BCUT2D eigenvalue weighted by molar-refractivity contribution is 0.0996. The van der Waals surface area contributed by atoms with Gasteiger partial charge in [-0.25, -0.2) is 13.1 Å². The highest BCUT2D eigenvalue weighted by molar-refractivity contribution is 7.89. The molecule has 11 heteroatoms. The first-order valence-electron chi connectivity index (χ1n) is 8.95. The van der Waals surface area contributed by atoms with Crippen LogP contribution in [0.4, 0.5) is 5.82 Å². The number of rotatable bonds is 5. The summed E-state index contributed by atoms with van der Waals surface area (Å²) in [4.78, 5) is 11.6. The van der Waals surface area contributed by atoms with Gasteiger partial charge in [-0.05, 0) is 29.3 Å². The van der Waals surface area contributed by atoms with E-state index in [1.54, 1.807) is 18.2 Å². The standard InChI is InChI=1S/C18H20N6O3S2/c19-17-16(18(20)25)21-22-23(17)9-13-8-14(28)10-24(13)29(26,27)15-6-5-11-3-1-2-4-12(11)7-15/h1-7,13-14,28H,8-10,19H2,(H2,20,25). The van der Waals surface area contributed by atoms with E-state index >= 15 is 0 Å². The zero-order chi connectivity index (χ0) is 20.8. The maximum Gasteiger partial charge on any atom is 0.273 e. The van der Waals surface area contributed by atoms with Crippen LogP contribution in [0.1, 0.15) is 16.9 Å². The summed E-state index contributed by atoms with van der Waals surface area (Å²) < 4.78 is 29.4. The van der Waals surface area contributed by atoms with Crippen LogP contribution < -0.4 is 11.5 Å². The second-order valence-electron chi connectivity index (χ2n) is 7.00. The molecule has 0 saturated carbocycles. The summed E-state index contributed by atoms with van der Waals surface area (Å²) in [6.45, 7) is 0.413. The highest BCUT2D eigenvalue weighted by Crippen LogP contribution is 2.31. The lowest BCUT2D eigenvalue weighted by atomic mass is 10.1. The van der Waals surface area contributed by atoms with E-state index in [0.717, 1.165) is 10.8 Å². The Hall–Kier alpha value is -2.63. The van der Waals surface area contributed by atoms with Crippen molar-refractivity contribution in [2.45, 2.75) is 29.2 Å². The predicted octanol–water partition coefficient (Wildman–Crippen LogP) is 0.874. The first-order valence-corrected chi connectivity index (χ1v) is 10.9. The van der Waals surface area contributed by atoms with Gasteiger partial charge in [0, 0.05) is 17.8 Å². The van der Waals surface area contributed by atoms with E-state index in [4.69, 9.17) is 11.5 Å². The minimum Gasteiger partial charge on any atom is -0.382 e. The number of nitrogen functional groups attached to an aromatic ring is 1. The smallest absolute Gasteiger partial charge is 0.273 e. The Bertz CT molecular complexity index is 1190. The van der Waals surface area contributed by atoms with E-state index < -0.39 is 22.0 Å². The fourth-order valence-electron chi connectivity index (χ4n) is 3.62. The number of aromatic nitrogens is 3. The van der Waals surface area contributed by atoms with Gasteiger partial charge in [0.25, 0.3) is 5.91 Å². The molecule has 4 rings (SSSR count). The number of sulfonamides is 1. The van der Waals surface area contributed by atoms with Crippen molar-refractivity contribution in [1.29, 1.82) is 0 Å². The number of hydrogen-bond donors (Lipinski definition) is 3. The molecule has 1 aromatic heterocycles. The second-order valence-corrected chi connectivity index (χ2v) is 9.62. The Morgan fingerprint density at radius 3 is 2.62 bits per heavy atom. The molecule has 0 spiro atoms. The predicted molar refractivity (Wildman–Crippen MR) is 112 cm³/mol. The van der Waals surface area contributed by atoms with Gasteiger partial charge in [-0.15, -0.1) is 5.10 Å². The van der Waals surface area contributed by atoms with Crippen molar-refractivity contribution in [3.8, 4) is 0 Å². The fourth-order valence-corrected chi connectivity index (χ4v) is 5.85. The minimum atomic E-state index is -3.76. The normalized spacial score (nSPS) is 20.3. The van der Waals surface area contributed by atoms with Crippen molar-refractivity contribution in [2.75, 3.05) is 12.3 Å². The molecule has 2 atom stereocenters. The Morgan fingerprint density at radius 1 is 1.21 bits per heavy atom. The van der Waals surface area contributed by atoms with Crippen molar-refractivity contribution in [3.05, 3.63) is 48.2 Å². The molecule has 4 N–H and O–H groups in total. The molecule has 1 aliphatic rings. The third-order valence-corrected chi connectivity index (χ3v) is 7.35. The molecule has 2 heterocycles. The van der Waals surface area contributed by atoms with Gasteiger partial charge in [0.05, 0.1) is 11.4 Å². The van der Waals surface area contributed by atoms with Crippen molar-refractivity contribution >= 4 is 45.1 Å². The van der Waals surface area contributed by atoms with Gasteiger partial charge in [-0.2, -0.15) is 16.9 Å². The highest BCUT2D eigenvalue weighted by Gasteiger charge is 2.40. The molecule has 0 bridgehead atoms. The van der Waals surface area contributed by atoms with Crippen LogP contribution in [-0.4, -0.2) is 51.5 Å². The number of hydrogen-bond acceptors (Lipinski definition) is 7. The molecule has 152 valence electrons. The lowest BCUT2D eigenvalue weighted by Gasteiger charge is -2.24. The van der Waals surface area contributed by atoms with Crippen molar-refractivity contribution < 1.29 is 13.2 Å². The first-order chi connectivity index (χ1) is 13.8. The van der Waals surface area contributed by atoms with Crippen molar-refractivity contribution in [3.63, 3.8) is 0 Å². The van der Waals surface area contributed by atoms with Gasteiger partial charge in [0.1, 0.15) is 0 Å². The molecule has 3 aromatic rings. The summed E-state index contributed by atoms with van der Waals surface area (Å²) in [6.07, 6.45) is 0.515. The van der Waals surface area contributed by atoms with Crippen LogP contribution in [0, 0.1) is 0 Å². The molecule has 1 aliphatic heterocycles. The van der Waals surface area contributed by atoms with E-state index in [1.807, 2.05) is 24.3 Å². The molecular formula is C18H20N6O3S2. The summed E-state index contributed by atoms with van der Waals surface area (Å²) >= 11 is 4.49. The van der Waals surface area contributed by atoms with Gasteiger partial charge >= 0.3 is 0 Å². The molecule has 1 amide bonds. The number of nitrogens with two attached hydrogens (primary N) is 2. The quantitative estimate of drug-likeness (QED) is 0.512. The summed E-state index contributed by atoms with van der Waals surface area (Å²) in [5, 5.41) is 9.21. The number of carbonyl (C=O) groups excluding carboxylic acids is 1. The van der Waals surface area contributed by atoms with Crippen LogP contribution >= 0.6 is 12.6 Å². The van der Waals surface area contributed by atoms with Crippen LogP contribution in [-0.2, 0) is 16.6 Å². The van der Waals surface area contributed by atoms with Crippen LogP contribution in [0.3, 0.4) is 0 Å². The van der Waals surface area contributed by atoms with E-state index in [-0.39, 0.29) is 34.7 Å². The second kappa shape index (κ2) is 7.32. The highest BCUT2D eigenvalue weighted by atomic mass is 32.2. The number of fused-ring (bicyclic) bond motifs is 1. The van der Waals surface area contributed by atoms with Crippen LogP contribution in [0.15, 0.2) is 47.4 Å². The molecular weight excluding hydrogens is 412 g/mol. The van der Waals surface area contributed by atoms with E-state index in [2.05, 4.69) is 22.9 Å². The molecule has 1 fully saturated rings. The Morgan fingerprint density at radius 2 is 1.93 bits per heavy atom. The van der Waals surface area contributed by atoms with E-state index in [0.29, 0.717) is 6.42 Å². The van der Waals surface area contributed by atoms with Gasteiger partial charge < -0.3 is 11.5 Å². The van der Waals surface area contributed by atoms with Crippen LogP contribution in [0.5, 0.6) is 0 Å². The largest absolute Gasteiger partial charge is 0.382 e. The summed E-state index contributed by atoms with van der Waals surface area (Å²) in [5.41, 5.74) is 11.0. The molecule has 0 aliphatic carbocycles. The molecule has 9 nitrogen and oxygen atoms in total. The molecule has 0 radical (unpaired) electrons. The van der Waals surface area contributed by atoms with E-state index in [9.17, 15) is 13.2 Å². The molecule has 1 saturated heterocycles. The van der Waals surface area contributed by atoms with Gasteiger partial charge in [-0.3, -0.25) is 4.79 Å². The van der Waals surface area contributed by atoms with E-state index in [1.165, 1.54) is 8.99 Å². The third-order valence-electron chi connectivity index (χ3n) is 5.06. The number of amides is 1. The Labute approximate surface area is 173 Å². The van der Waals surface area contributed by atoms with Crippen molar-refractivity contribution in [1.82, 2.24) is 19.3 Å². The molecule has 2 unspecified atom stereocenters. The monoisotopic (exact) mass is 432 g/mol. The maximum atomic E-state index is 13.4. The summed E-state index contributed by atoms with van der Waals surface area (Å²) in [6, 6.07) is 12.2. The number of nitrogens with zero attached hydrogens (tertiary/aromatic N) is 4. The number of thiol groups is 1. The zero-order valence-electron chi connectivity index (χ0n) is 15.3. The molecule has 29 heavy (non-hydrogen) atoms. The first kappa shape index (κ1) is 19.7. The van der Waals surface area contributed by atoms with Gasteiger partial charge in [0.2, 0.25) is 10.0 Å².